The molecular weight excluding hydrogens is 527 g/mol. The quantitative estimate of drug-likeness (QED) is 0.471. The van der Waals surface area contributed by atoms with Gasteiger partial charge >= 0.3 is 4.87 Å². The molecule has 8 atom stereocenters. The number of anilines is 1. The number of nitrogens with one attached hydrogen (secondary N) is 2. The van der Waals surface area contributed by atoms with Crippen LogP contribution < -0.4 is 10.2 Å². The summed E-state index contributed by atoms with van der Waals surface area (Å²) < 4.78 is 0. The third kappa shape index (κ3) is 3.38. The number of nitrogens with zero attached hydrogens (tertiary/aromatic N) is 1. The lowest BCUT2D eigenvalue weighted by molar-refractivity contribution is -0.146. The molecule has 2 aliphatic carbocycles. The minimum Gasteiger partial charge on any atom is -0.324 e. The van der Waals surface area contributed by atoms with Gasteiger partial charge in [0.25, 0.3) is 0 Å². The monoisotopic (exact) mass is 551 g/mol. The van der Waals surface area contributed by atoms with E-state index >= 15 is 0 Å². The zero-order chi connectivity index (χ0) is 25.6. The molecule has 2 saturated carbocycles. The Kier molecular flexibility index (Phi) is 5.32. The van der Waals surface area contributed by atoms with Crippen molar-refractivity contribution in [3.05, 3.63) is 66.8 Å². The average Bonchev–Trinajstić information content (AvgIpc) is 3.68. The molecule has 1 saturated heterocycles. The summed E-state index contributed by atoms with van der Waals surface area (Å²) in [5.74, 6) is -1.23. The Balaban J connectivity index is 1.20. The Morgan fingerprint density at radius 1 is 1.08 bits per heavy atom. The Labute approximate surface area is 225 Å². The second-order valence-electron chi connectivity index (χ2n) is 10.6. The molecule has 2 aromatic heterocycles. The zero-order valence-corrected chi connectivity index (χ0v) is 22.6. The summed E-state index contributed by atoms with van der Waals surface area (Å²) in [5, 5.41) is 5.98. The maximum atomic E-state index is 13.8. The van der Waals surface area contributed by atoms with Crippen molar-refractivity contribution in [3.8, 4) is 0 Å². The molecule has 2 aliphatic heterocycles. The number of hydrogen-bond acceptors (Lipinski definition) is 7. The van der Waals surface area contributed by atoms with Gasteiger partial charge in [0.15, 0.2) is 0 Å². The Morgan fingerprint density at radius 3 is 2.51 bits per heavy atom. The number of fused-ring (bicyclic) bond motifs is 9. The Bertz CT molecular complexity index is 1480. The highest BCUT2D eigenvalue weighted by molar-refractivity contribution is 8.00. The lowest BCUT2D eigenvalue weighted by Crippen LogP contribution is -2.46. The van der Waals surface area contributed by atoms with E-state index in [1.54, 1.807) is 30.0 Å². The number of carbonyl (C=O) groups excluding carboxylic acids is 3. The van der Waals surface area contributed by atoms with E-state index < -0.39 is 17.9 Å². The van der Waals surface area contributed by atoms with Crippen LogP contribution in [0.5, 0.6) is 0 Å². The second-order valence-corrected chi connectivity index (χ2v) is 13.7. The number of imide groups is 1. The van der Waals surface area contributed by atoms with Gasteiger partial charge in [-0.15, -0.1) is 23.1 Å². The first-order valence-corrected chi connectivity index (χ1v) is 15.1. The number of H-pyrrole nitrogens is 1. The fourth-order valence-electron chi connectivity index (χ4n) is 7.21. The number of benzene rings is 1. The van der Waals surface area contributed by atoms with Crippen LogP contribution in [-0.2, 0) is 14.4 Å². The van der Waals surface area contributed by atoms with Crippen molar-refractivity contribution in [2.75, 3.05) is 5.32 Å². The maximum absolute atomic E-state index is 13.8. The normalized spacial score (nSPS) is 32.3. The van der Waals surface area contributed by atoms with E-state index in [1.807, 2.05) is 37.3 Å². The van der Waals surface area contributed by atoms with E-state index in [4.69, 9.17) is 0 Å². The van der Waals surface area contributed by atoms with Crippen molar-refractivity contribution in [2.45, 2.75) is 42.5 Å². The number of carbonyl (C=O) groups is 3. The Hall–Kier alpha value is -2.69. The lowest BCUT2D eigenvalue weighted by atomic mass is 9.69. The summed E-state index contributed by atoms with van der Waals surface area (Å²) in [6.45, 7) is 3.61. The van der Waals surface area contributed by atoms with Gasteiger partial charge in [0.2, 0.25) is 17.7 Å². The molecular formula is C27H25N3O4S3. The van der Waals surface area contributed by atoms with Gasteiger partial charge in [-0.1, -0.05) is 35.1 Å². The predicted octanol–water partition coefficient (Wildman–Crippen LogP) is 4.31. The van der Waals surface area contributed by atoms with Gasteiger partial charge < -0.3 is 10.3 Å². The fourth-order valence-corrected chi connectivity index (χ4v) is 11.1. The number of thiophene rings is 1. The number of aryl methyl sites for hydroxylation is 1. The summed E-state index contributed by atoms with van der Waals surface area (Å²) in [4.78, 5) is 59.4. The fraction of sp³-hybridized carbons (Fsp3) is 0.407. The molecule has 8 unspecified atom stereocenters. The van der Waals surface area contributed by atoms with E-state index in [1.165, 1.54) is 21.1 Å². The highest BCUT2D eigenvalue weighted by Crippen LogP contribution is 2.68. The topological polar surface area (TPSA) is 99.3 Å². The van der Waals surface area contributed by atoms with Crippen LogP contribution in [-0.4, -0.2) is 38.9 Å². The van der Waals surface area contributed by atoms with E-state index in [-0.39, 0.29) is 51.5 Å². The number of thioether (sulfide) groups is 1. The van der Waals surface area contributed by atoms with E-state index in [2.05, 4.69) is 21.7 Å². The highest BCUT2D eigenvalue weighted by atomic mass is 32.2. The molecule has 3 amide bonds. The van der Waals surface area contributed by atoms with Gasteiger partial charge in [-0.3, -0.25) is 24.1 Å². The molecule has 10 heteroatoms. The second kappa shape index (κ2) is 8.41. The molecule has 3 aromatic rings. The molecule has 4 heterocycles. The van der Waals surface area contributed by atoms with Gasteiger partial charge in [0.1, 0.15) is 6.04 Å². The van der Waals surface area contributed by atoms with Crippen LogP contribution in [0.1, 0.15) is 34.6 Å². The van der Waals surface area contributed by atoms with Crippen molar-refractivity contribution in [1.29, 1.82) is 0 Å². The molecule has 2 bridgehead atoms. The molecule has 3 fully saturated rings. The third-order valence-corrected chi connectivity index (χ3v) is 12.2. The van der Waals surface area contributed by atoms with Crippen LogP contribution in [0.15, 0.2) is 51.6 Å². The van der Waals surface area contributed by atoms with Crippen LogP contribution in [0.25, 0.3) is 0 Å². The molecule has 37 heavy (non-hydrogen) atoms. The maximum Gasteiger partial charge on any atom is 0.305 e. The average molecular weight is 552 g/mol. The van der Waals surface area contributed by atoms with E-state index in [9.17, 15) is 19.2 Å². The number of thiazole rings is 1. The van der Waals surface area contributed by atoms with Crippen molar-refractivity contribution >= 4 is 57.8 Å². The number of hydrogen-bond donors (Lipinski definition) is 2. The Morgan fingerprint density at radius 2 is 1.81 bits per heavy atom. The van der Waals surface area contributed by atoms with Gasteiger partial charge in [0, 0.05) is 26.6 Å². The minimum atomic E-state index is -0.882. The number of aromatic nitrogens is 1. The molecule has 0 spiro atoms. The van der Waals surface area contributed by atoms with Crippen LogP contribution in [0, 0.1) is 36.5 Å². The predicted molar refractivity (Wildman–Crippen MR) is 144 cm³/mol. The van der Waals surface area contributed by atoms with Crippen LogP contribution in [0.4, 0.5) is 5.69 Å². The van der Waals surface area contributed by atoms with Crippen molar-refractivity contribution < 1.29 is 14.4 Å². The standard InChI is InChI=1S/C27H25N3O4S3/c1-11-5-7-13(8-6-11)28-23(31)12(2)30-25(32)18-14-10-15(19(18)26(30)33)21-17(14)20(16-4-3-9-35-16)22-24(36-21)29-27(34)37-22/h3-9,12,14-15,17-21H,10H2,1-2H3,(H,28,31)(H,29,34). The number of amides is 3. The third-order valence-electron chi connectivity index (χ3n) is 8.69. The summed E-state index contributed by atoms with van der Waals surface area (Å²) >= 11 is 4.63. The first-order chi connectivity index (χ1) is 17.8. The van der Waals surface area contributed by atoms with Gasteiger partial charge in [0.05, 0.1) is 16.9 Å². The van der Waals surface area contributed by atoms with E-state index in [0.717, 1.165) is 21.9 Å². The number of aromatic amines is 1. The van der Waals surface area contributed by atoms with Crippen molar-refractivity contribution in [2.24, 2.45) is 29.6 Å². The zero-order valence-electron chi connectivity index (χ0n) is 20.2. The SMILES string of the molecule is Cc1ccc(NC(=O)C(C)N2C(=O)C3C4CC(C3C2=O)C2C(c3cccs3)c3sc(=O)[nH]c3SC42)cc1. The summed E-state index contributed by atoms with van der Waals surface area (Å²) in [5.41, 5.74) is 1.72. The van der Waals surface area contributed by atoms with Gasteiger partial charge in [-0.25, -0.2) is 0 Å². The van der Waals surface area contributed by atoms with Gasteiger partial charge in [-0.2, -0.15) is 0 Å². The lowest BCUT2D eigenvalue weighted by Gasteiger charge is -2.42. The van der Waals surface area contributed by atoms with Crippen molar-refractivity contribution in [3.63, 3.8) is 0 Å². The summed E-state index contributed by atoms with van der Waals surface area (Å²) in [6, 6.07) is 10.7. The molecule has 0 radical (unpaired) electrons. The molecule has 4 aliphatic rings. The molecule has 190 valence electrons. The molecule has 7 nitrogen and oxygen atoms in total. The van der Waals surface area contributed by atoms with Crippen LogP contribution in [0.3, 0.4) is 0 Å². The number of rotatable bonds is 4. The van der Waals surface area contributed by atoms with Crippen LogP contribution >= 0.6 is 34.4 Å². The highest BCUT2D eigenvalue weighted by Gasteiger charge is 2.70. The largest absolute Gasteiger partial charge is 0.324 e. The smallest absolute Gasteiger partial charge is 0.305 e. The molecule has 7 rings (SSSR count). The first-order valence-electron chi connectivity index (χ1n) is 12.5. The molecule has 2 N–H and O–H groups in total. The van der Waals surface area contributed by atoms with Crippen LogP contribution in [0.2, 0.25) is 0 Å². The molecule has 1 aromatic carbocycles. The summed E-state index contributed by atoms with van der Waals surface area (Å²) in [6.07, 6.45) is 0.841. The van der Waals surface area contributed by atoms with Crippen molar-refractivity contribution in [1.82, 2.24) is 9.88 Å². The van der Waals surface area contributed by atoms with Gasteiger partial charge in [-0.05, 0) is 61.6 Å². The number of likely N-dealkylation sites (tertiary alicyclic amines) is 1. The first kappa shape index (κ1) is 23.4. The minimum absolute atomic E-state index is 0.0535. The van der Waals surface area contributed by atoms with E-state index in [0.29, 0.717) is 5.69 Å². The summed E-state index contributed by atoms with van der Waals surface area (Å²) in [7, 11) is 0.